The van der Waals surface area contributed by atoms with Gasteiger partial charge in [-0.05, 0) is 42.2 Å². The van der Waals surface area contributed by atoms with Gasteiger partial charge in [0.1, 0.15) is 6.54 Å². The molecule has 5 nitrogen and oxygen atoms in total. The summed E-state index contributed by atoms with van der Waals surface area (Å²) in [7, 11) is 0. The Morgan fingerprint density at radius 1 is 1.08 bits per heavy atom. The molecule has 1 saturated heterocycles. The number of benzene rings is 2. The van der Waals surface area contributed by atoms with E-state index in [9.17, 15) is 9.59 Å². The molecule has 0 bridgehead atoms. The van der Waals surface area contributed by atoms with Gasteiger partial charge in [0.05, 0.1) is 17.2 Å². The Morgan fingerprint density at radius 3 is 2.54 bits per heavy atom. The average Bonchev–Trinajstić information content (AvgIpc) is 3.19. The number of carbonyl (C=O) groups is 1. The molecule has 2 aromatic carbocycles. The number of carbonyl (C=O) groups excluding carboxylic acids is 1. The molecule has 0 unspecified atom stereocenters. The van der Waals surface area contributed by atoms with Crippen molar-refractivity contribution in [1.82, 2.24) is 14.5 Å². The second-order valence-electron chi connectivity index (χ2n) is 6.47. The van der Waals surface area contributed by atoms with Gasteiger partial charge in [-0.25, -0.2) is 4.98 Å². The smallest absolute Gasteiger partial charge is 0.262 e. The van der Waals surface area contributed by atoms with Crippen molar-refractivity contribution in [3.63, 3.8) is 0 Å². The highest BCUT2D eigenvalue weighted by Crippen LogP contribution is 2.26. The van der Waals surface area contributed by atoms with Crippen LogP contribution in [0.15, 0.2) is 53.6 Å². The maximum absolute atomic E-state index is 13.1. The molecular weight excluding hydrogens is 350 g/mol. The average molecular weight is 368 g/mol. The van der Waals surface area contributed by atoms with E-state index in [0.717, 1.165) is 37.1 Å². The summed E-state index contributed by atoms with van der Waals surface area (Å²) in [6, 6.07) is 12.9. The Hall–Kier alpha value is -2.66. The summed E-state index contributed by atoms with van der Waals surface area (Å²) in [5.41, 5.74) is 2.10. The van der Waals surface area contributed by atoms with Crippen LogP contribution in [0.3, 0.4) is 0 Å². The first-order valence-electron chi connectivity index (χ1n) is 8.65. The van der Waals surface area contributed by atoms with Crippen LogP contribution in [0.5, 0.6) is 0 Å². The molecule has 1 aliphatic heterocycles. The Bertz CT molecular complexity index is 1020. The van der Waals surface area contributed by atoms with Crippen LogP contribution in [0.4, 0.5) is 0 Å². The minimum Gasteiger partial charge on any atom is -0.341 e. The maximum Gasteiger partial charge on any atom is 0.262 e. The molecule has 4 rings (SSSR count). The van der Waals surface area contributed by atoms with Crippen LogP contribution in [0.1, 0.15) is 12.8 Å². The third-order valence-electron chi connectivity index (χ3n) is 4.77. The Labute approximate surface area is 155 Å². The number of nitrogens with zero attached hydrogens (tertiary/aromatic N) is 3. The van der Waals surface area contributed by atoms with Crippen LogP contribution in [-0.4, -0.2) is 33.4 Å². The Morgan fingerprint density at radius 2 is 1.81 bits per heavy atom. The first-order valence-corrected chi connectivity index (χ1v) is 9.03. The van der Waals surface area contributed by atoms with Gasteiger partial charge in [0.25, 0.3) is 5.56 Å². The Balaban J connectivity index is 1.78. The quantitative estimate of drug-likeness (QED) is 0.713. The molecule has 0 aliphatic carbocycles. The summed E-state index contributed by atoms with van der Waals surface area (Å²) in [5, 5.41) is 1.16. The largest absolute Gasteiger partial charge is 0.341 e. The van der Waals surface area contributed by atoms with Gasteiger partial charge in [-0.1, -0.05) is 35.9 Å². The van der Waals surface area contributed by atoms with Crippen molar-refractivity contribution in [3.8, 4) is 11.1 Å². The van der Waals surface area contributed by atoms with Crippen molar-refractivity contribution in [2.24, 2.45) is 0 Å². The van der Waals surface area contributed by atoms with Gasteiger partial charge in [0.2, 0.25) is 5.91 Å². The van der Waals surface area contributed by atoms with Gasteiger partial charge in [-0.2, -0.15) is 0 Å². The molecule has 0 saturated carbocycles. The number of likely N-dealkylation sites (tertiary alicyclic amines) is 1. The first kappa shape index (κ1) is 16.8. The monoisotopic (exact) mass is 367 g/mol. The molecule has 0 spiro atoms. The number of halogens is 1. The predicted octanol–water partition coefficient (Wildman–Crippen LogP) is 3.34. The summed E-state index contributed by atoms with van der Waals surface area (Å²) in [5.74, 6) is -0.0327. The lowest BCUT2D eigenvalue weighted by molar-refractivity contribution is -0.130. The molecule has 1 aliphatic rings. The molecule has 0 atom stereocenters. The number of hydrogen-bond acceptors (Lipinski definition) is 3. The number of rotatable bonds is 3. The van der Waals surface area contributed by atoms with E-state index in [1.54, 1.807) is 12.1 Å². The van der Waals surface area contributed by atoms with Crippen LogP contribution >= 0.6 is 11.6 Å². The van der Waals surface area contributed by atoms with Crippen molar-refractivity contribution >= 4 is 28.4 Å². The van der Waals surface area contributed by atoms with Crippen molar-refractivity contribution in [2.75, 3.05) is 13.1 Å². The molecular formula is C20H18ClN3O2. The van der Waals surface area contributed by atoms with Crippen LogP contribution in [0.25, 0.3) is 22.0 Å². The molecule has 3 aromatic rings. The first-order chi connectivity index (χ1) is 12.6. The van der Waals surface area contributed by atoms with E-state index in [0.29, 0.717) is 15.9 Å². The maximum atomic E-state index is 13.1. The second-order valence-corrected chi connectivity index (χ2v) is 6.91. The summed E-state index contributed by atoms with van der Waals surface area (Å²) in [6.07, 6.45) is 3.51. The molecule has 0 N–H and O–H groups in total. The van der Waals surface area contributed by atoms with Gasteiger partial charge >= 0.3 is 0 Å². The van der Waals surface area contributed by atoms with E-state index < -0.39 is 0 Å². The molecule has 0 radical (unpaired) electrons. The standard InChI is InChI=1S/C20H18ClN3O2/c21-15-8-6-14(7-9-15)16-4-3-5-17-19(16)20(26)24(13-22-17)12-18(25)23-10-1-2-11-23/h3-9,13H,1-2,10-12H2. The van der Waals surface area contributed by atoms with Gasteiger partial charge in [0, 0.05) is 18.1 Å². The second kappa shape index (κ2) is 6.92. The summed E-state index contributed by atoms with van der Waals surface area (Å²) in [6.45, 7) is 1.56. The molecule has 6 heteroatoms. The van der Waals surface area contributed by atoms with Crippen LogP contribution in [0.2, 0.25) is 5.02 Å². The van der Waals surface area contributed by atoms with E-state index in [2.05, 4.69) is 4.98 Å². The Kier molecular flexibility index (Phi) is 4.47. The van der Waals surface area contributed by atoms with Crippen molar-refractivity contribution in [3.05, 3.63) is 64.2 Å². The normalized spacial score (nSPS) is 14.1. The molecule has 1 aromatic heterocycles. The zero-order valence-electron chi connectivity index (χ0n) is 14.2. The van der Waals surface area contributed by atoms with Gasteiger partial charge in [-0.15, -0.1) is 0 Å². The predicted molar refractivity (Wildman–Crippen MR) is 102 cm³/mol. The summed E-state index contributed by atoms with van der Waals surface area (Å²) < 4.78 is 1.41. The highest BCUT2D eigenvalue weighted by Gasteiger charge is 2.19. The highest BCUT2D eigenvalue weighted by molar-refractivity contribution is 6.30. The fraction of sp³-hybridized carbons (Fsp3) is 0.250. The zero-order valence-corrected chi connectivity index (χ0v) is 14.9. The lowest BCUT2D eigenvalue weighted by atomic mass is 10.0. The number of hydrogen-bond donors (Lipinski definition) is 0. The number of fused-ring (bicyclic) bond motifs is 1. The minimum atomic E-state index is -0.201. The minimum absolute atomic E-state index is 0.0245. The fourth-order valence-corrected chi connectivity index (χ4v) is 3.52. The SMILES string of the molecule is O=C(Cn1cnc2cccc(-c3ccc(Cl)cc3)c2c1=O)N1CCCC1. The lowest BCUT2D eigenvalue weighted by Crippen LogP contribution is -2.34. The van der Waals surface area contributed by atoms with E-state index >= 15 is 0 Å². The molecule has 1 amide bonds. The fourth-order valence-electron chi connectivity index (χ4n) is 3.40. The lowest BCUT2D eigenvalue weighted by Gasteiger charge is -2.16. The van der Waals surface area contributed by atoms with Gasteiger partial charge in [0.15, 0.2) is 0 Å². The third kappa shape index (κ3) is 3.10. The van der Waals surface area contributed by atoms with E-state index in [1.807, 2.05) is 35.2 Å². The molecule has 1 fully saturated rings. The zero-order chi connectivity index (χ0) is 18.1. The van der Waals surface area contributed by atoms with E-state index in [1.165, 1.54) is 10.9 Å². The molecule has 2 heterocycles. The third-order valence-corrected chi connectivity index (χ3v) is 5.02. The van der Waals surface area contributed by atoms with E-state index in [4.69, 9.17) is 11.6 Å². The number of aromatic nitrogens is 2. The van der Waals surface area contributed by atoms with Crippen LogP contribution in [0, 0.1) is 0 Å². The van der Waals surface area contributed by atoms with Gasteiger partial charge < -0.3 is 4.90 Å². The highest BCUT2D eigenvalue weighted by atomic mass is 35.5. The summed E-state index contributed by atoms with van der Waals surface area (Å²) >= 11 is 5.97. The molecule has 132 valence electrons. The van der Waals surface area contributed by atoms with Crippen LogP contribution < -0.4 is 5.56 Å². The van der Waals surface area contributed by atoms with Crippen molar-refractivity contribution in [2.45, 2.75) is 19.4 Å². The number of amides is 1. The van der Waals surface area contributed by atoms with Crippen molar-refractivity contribution in [1.29, 1.82) is 0 Å². The van der Waals surface area contributed by atoms with Crippen molar-refractivity contribution < 1.29 is 4.79 Å². The van der Waals surface area contributed by atoms with Gasteiger partial charge in [-0.3, -0.25) is 14.2 Å². The summed E-state index contributed by atoms with van der Waals surface area (Å²) in [4.78, 5) is 31.7. The molecule has 26 heavy (non-hydrogen) atoms. The van der Waals surface area contributed by atoms with Crippen LogP contribution in [-0.2, 0) is 11.3 Å². The van der Waals surface area contributed by atoms with E-state index in [-0.39, 0.29) is 18.0 Å². The topological polar surface area (TPSA) is 55.2 Å².